The summed E-state index contributed by atoms with van der Waals surface area (Å²) in [5.74, 6) is 0.646. The standard InChI is InChI=1S/C34H19N3OS/c1-4-13-27-25(10-1)31-28(17-16-22-20-8-2-5-14-29(20)38-32(22)31)37(27)34-35-19-18-26(36-34)24-12-7-11-23-21-9-3-6-15-30(21)39-33(23)24/h1-19H. The molecule has 9 aromatic rings. The van der Waals surface area contributed by atoms with E-state index in [-0.39, 0.29) is 0 Å². The van der Waals surface area contributed by atoms with E-state index in [1.165, 1.54) is 20.2 Å². The fourth-order valence-corrected chi connectivity index (χ4v) is 7.23. The Hall–Kier alpha value is -5.00. The Kier molecular flexibility index (Phi) is 4.18. The Balaban J connectivity index is 1.33. The monoisotopic (exact) mass is 517 g/mol. The number of aromatic nitrogens is 3. The van der Waals surface area contributed by atoms with Crippen molar-refractivity contribution in [2.24, 2.45) is 0 Å². The van der Waals surface area contributed by atoms with Gasteiger partial charge in [0.15, 0.2) is 0 Å². The van der Waals surface area contributed by atoms with Gasteiger partial charge in [0, 0.05) is 48.1 Å². The molecule has 0 radical (unpaired) electrons. The zero-order chi connectivity index (χ0) is 25.5. The molecule has 9 rings (SSSR count). The molecule has 182 valence electrons. The van der Waals surface area contributed by atoms with Gasteiger partial charge in [0.05, 0.1) is 22.1 Å². The molecule has 0 aliphatic rings. The normalized spacial score (nSPS) is 12.1. The van der Waals surface area contributed by atoms with Crippen LogP contribution in [0.1, 0.15) is 0 Å². The second-order valence-electron chi connectivity index (χ2n) is 9.81. The van der Waals surface area contributed by atoms with Gasteiger partial charge in [0.25, 0.3) is 0 Å². The molecule has 0 bridgehead atoms. The predicted octanol–water partition coefficient (Wildman–Crippen LogP) is 9.51. The molecule has 0 atom stereocenters. The highest BCUT2D eigenvalue weighted by Crippen LogP contribution is 2.41. The Morgan fingerprint density at radius 2 is 1.41 bits per heavy atom. The van der Waals surface area contributed by atoms with Crippen LogP contribution in [-0.2, 0) is 0 Å². The van der Waals surface area contributed by atoms with Gasteiger partial charge in [-0.05, 0) is 36.4 Å². The van der Waals surface area contributed by atoms with Crippen molar-refractivity contribution in [3.8, 4) is 17.2 Å². The van der Waals surface area contributed by atoms with Crippen molar-refractivity contribution >= 4 is 75.3 Å². The van der Waals surface area contributed by atoms with Crippen LogP contribution in [-0.4, -0.2) is 14.5 Å². The molecule has 0 saturated carbocycles. The van der Waals surface area contributed by atoms with E-state index in [2.05, 4.69) is 95.6 Å². The molecule has 0 aliphatic carbocycles. The molecule has 0 unspecified atom stereocenters. The first-order chi connectivity index (χ1) is 19.3. The molecule has 5 heteroatoms. The molecule has 5 aromatic carbocycles. The summed E-state index contributed by atoms with van der Waals surface area (Å²) < 4.78 is 11.1. The van der Waals surface area contributed by atoms with Crippen LogP contribution in [0.5, 0.6) is 0 Å². The molecular formula is C34H19N3OS. The minimum absolute atomic E-state index is 0.646. The lowest BCUT2D eigenvalue weighted by Crippen LogP contribution is -2.01. The average molecular weight is 518 g/mol. The van der Waals surface area contributed by atoms with Crippen molar-refractivity contribution in [1.82, 2.24) is 14.5 Å². The van der Waals surface area contributed by atoms with Crippen LogP contribution in [0.3, 0.4) is 0 Å². The molecule has 4 aromatic heterocycles. The van der Waals surface area contributed by atoms with E-state index in [0.717, 1.165) is 55.0 Å². The average Bonchev–Trinajstić information content (AvgIpc) is 3.66. The third kappa shape index (κ3) is 2.88. The molecule has 39 heavy (non-hydrogen) atoms. The summed E-state index contributed by atoms with van der Waals surface area (Å²) >= 11 is 1.82. The summed E-state index contributed by atoms with van der Waals surface area (Å²) in [5, 5.41) is 6.99. The number of benzene rings is 5. The van der Waals surface area contributed by atoms with Crippen molar-refractivity contribution in [2.75, 3.05) is 0 Å². The minimum Gasteiger partial charge on any atom is -0.455 e. The summed E-state index contributed by atoms with van der Waals surface area (Å²) in [6.07, 6.45) is 1.87. The summed E-state index contributed by atoms with van der Waals surface area (Å²) in [4.78, 5) is 9.93. The fraction of sp³-hybridized carbons (Fsp3) is 0. The zero-order valence-corrected chi connectivity index (χ0v) is 21.4. The van der Waals surface area contributed by atoms with Gasteiger partial charge in [0.1, 0.15) is 11.2 Å². The predicted molar refractivity (Wildman–Crippen MR) is 162 cm³/mol. The maximum atomic E-state index is 6.44. The van der Waals surface area contributed by atoms with Crippen LogP contribution in [0, 0.1) is 0 Å². The van der Waals surface area contributed by atoms with Gasteiger partial charge in [-0.2, -0.15) is 0 Å². The van der Waals surface area contributed by atoms with E-state index in [1.54, 1.807) is 0 Å². The number of nitrogens with zero attached hydrogens (tertiary/aromatic N) is 3. The van der Waals surface area contributed by atoms with E-state index in [4.69, 9.17) is 14.4 Å². The van der Waals surface area contributed by atoms with Crippen LogP contribution < -0.4 is 0 Å². The summed E-state index contributed by atoms with van der Waals surface area (Å²) in [5.41, 5.74) is 5.91. The molecule has 0 fully saturated rings. The summed E-state index contributed by atoms with van der Waals surface area (Å²) in [7, 11) is 0. The smallest absolute Gasteiger partial charge is 0.235 e. The Bertz CT molecular complexity index is 2410. The first-order valence-corrected chi connectivity index (χ1v) is 13.7. The largest absolute Gasteiger partial charge is 0.455 e. The fourth-order valence-electron chi connectivity index (χ4n) is 6.01. The highest BCUT2D eigenvalue weighted by atomic mass is 32.1. The molecule has 4 nitrogen and oxygen atoms in total. The quantitative estimate of drug-likeness (QED) is 0.229. The Labute approximate surface area is 226 Å². The highest BCUT2D eigenvalue weighted by Gasteiger charge is 2.20. The van der Waals surface area contributed by atoms with Crippen molar-refractivity contribution in [1.29, 1.82) is 0 Å². The number of fused-ring (bicyclic) bond motifs is 10. The van der Waals surface area contributed by atoms with Crippen LogP contribution in [0.2, 0.25) is 0 Å². The van der Waals surface area contributed by atoms with E-state index in [9.17, 15) is 0 Å². The maximum absolute atomic E-state index is 6.44. The minimum atomic E-state index is 0.646. The van der Waals surface area contributed by atoms with Crippen molar-refractivity contribution in [3.05, 3.63) is 115 Å². The number of hydrogen-bond donors (Lipinski definition) is 0. The first kappa shape index (κ1) is 21.0. The molecule has 0 spiro atoms. The molecule has 0 saturated heterocycles. The second-order valence-corrected chi connectivity index (χ2v) is 10.9. The number of hydrogen-bond acceptors (Lipinski definition) is 4. The molecule has 4 heterocycles. The second kappa shape index (κ2) is 7.76. The van der Waals surface area contributed by atoms with Gasteiger partial charge < -0.3 is 4.42 Å². The third-order valence-electron chi connectivity index (χ3n) is 7.70. The Morgan fingerprint density at radius 1 is 0.615 bits per heavy atom. The van der Waals surface area contributed by atoms with Crippen LogP contribution in [0.25, 0.3) is 81.1 Å². The third-order valence-corrected chi connectivity index (χ3v) is 8.92. The maximum Gasteiger partial charge on any atom is 0.235 e. The Morgan fingerprint density at radius 3 is 2.36 bits per heavy atom. The summed E-state index contributed by atoms with van der Waals surface area (Å²) in [6.45, 7) is 0. The van der Waals surface area contributed by atoms with Gasteiger partial charge in [-0.25, -0.2) is 9.97 Å². The zero-order valence-electron chi connectivity index (χ0n) is 20.6. The number of para-hydroxylation sites is 2. The van der Waals surface area contributed by atoms with Gasteiger partial charge >= 0.3 is 0 Å². The molecule has 0 amide bonds. The van der Waals surface area contributed by atoms with Crippen molar-refractivity contribution < 1.29 is 4.42 Å². The number of rotatable bonds is 2. The lowest BCUT2D eigenvalue weighted by molar-refractivity contribution is 0.673. The lowest BCUT2D eigenvalue weighted by atomic mass is 10.1. The van der Waals surface area contributed by atoms with Crippen LogP contribution in [0.4, 0.5) is 0 Å². The molecule has 0 aliphatic heterocycles. The highest BCUT2D eigenvalue weighted by molar-refractivity contribution is 7.26. The van der Waals surface area contributed by atoms with E-state index < -0.39 is 0 Å². The van der Waals surface area contributed by atoms with Crippen LogP contribution in [0.15, 0.2) is 120 Å². The van der Waals surface area contributed by atoms with Crippen molar-refractivity contribution in [2.45, 2.75) is 0 Å². The van der Waals surface area contributed by atoms with Crippen LogP contribution >= 0.6 is 11.3 Å². The lowest BCUT2D eigenvalue weighted by Gasteiger charge is -2.08. The van der Waals surface area contributed by atoms with Gasteiger partial charge in [-0.15, -0.1) is 11.3 Å². The number of furan rings is 1. The van der Waals surface area contributed by atoms with Gasteiger partial charge in [-0.3, -0.25) is 4.57 Å². The SMILES string of the molecule is c1ccc2c(c1)oc1c2ccc2c1c1ccccc1n2-c1nccc(-c2cccc3c2sc2ccccc23)n1. The molecule has 0 N–H and O–H groups in total. The van der Waals surface area contributed by atoms with E-state index in [1.807, 2.05) is 35.7 Å². The first-order valence-electron chi connectivity index (χ1n) is 12.9. The van der Waals surface area contributed by atoms with Crippen molar-refractivity contribution in [3.63, 3.8) is 0 Å². The van der Waals surface area contributed by atoms with Gasteiger partial charge in [0.2, 0.25) is 5.95 Å². The summed E-state index contributed by atoms with van der Waals surface area (Å²) in [6, 6.07) is 38.0. The van der Waals surface area contributed by atoms with E-state index >= 15 is 0 Å². The van der Waals surface area contributed by atoms with E-state index in [0.29, 0.717) is 5.95 Å². The van der Waals surface area contributed by atoms with Gasteiger partial charge in [-0.1, -0.05) is 72.8 Å². The topological polar surface area (TPSA) is 43.9 Å². The number of thiophene rings is 1. The molecular weight excluding hydrogens is 498 g/mol.